The normalized spacial score (nSPS) is 11.3. The van der Waals surface area contributed by atoms with Gasteiger partial charge in [-0.2, -0.15) is 0 Å². The van der Waals surface area contributed by atoms with Gasteiger partial charge in [-0.15, -0.1) is 11.3 Å². The zero-order valence-electron chi connectivity index (χ0n) is 11.5. The van der Waals surface area contributed by atoms with Gasteiger partial charge < -0.3 is 0 Å². The second-order valence-electron chi connectivity index (χ2n) is 4.72. The lowest BCUT2D eigenvalue weighted by atomic mass is 10.2. The second kappa shape index (κ2) is 5.20. The predicted octanol–water partition coefficient (Wildman–Crippen LogP) is 2.50. The Morgan fingerprint density at radius 1 is 1.35 bits per heavy atom. The minimum atomic E-state index is -0.0552. The van der Waals surface area contributed by atoms with Crippen molar-refractivity contribution in [2.45, 2.75) is 26.2 Å². The van der Waals surface area contributed by atoms with Gasteiger partial charge in [-0.3, -0.25) is 4.79 Å². The van der Waals surface area contributed by atoms with Gasteiger partial charge in [0.25, 0.3) is 5.56 Å². The standard InChI is InChI=1S/C14H16N4OS/c1-3-4-7-11-15-14(10-6-5-8-20-10)16-12-9-13(19)17(2)18(11)12/h5-6,8-9H,3-4,7H2,1-2H3. The van der Waals surface area contributed by atoms with E-state index in [4.69, 9.17) is 0 Å². The highest BCUT2D eigenvalue weighted by atomic mass is 32.1. The smallest absolute Gasteiger partial charge is 0.268 e. The highest BCUT2D eigenvalue weighted by molar-refractivity contribution is 7.13. The van der Waals surface area contributed by atoms with Crippen LogP contribution in [0.15, 0.2) is 28.4 Å². The van der Waals surface area contributed by atoms with Crippen LogP contribution in [0.2, 0.25) is 0 Å². The van der Waals surface area contributed by atoms with Crippen molar-refractivity contribution >= 4 is 17.0 Å². The molecule has 0 radical (unpaired) electrons. The molecule has 0 fully saturated rings. The molecular weight excluding hydrogens is 272 g/mol. The molecule has 0 amide bonds. The number of nitrogens with zero attached hydrogens (tertiary/aromatic N) is 4. The van der Waals surface area contributed by atoms with E-state index in [-0.39, 0.29) is 5.56 Å². The van der Waals surface area contributed by atoms with Crippen LogP contribution < -0.4 is 5.56 Å². The lowest BCUT2D eigenvalue weighted by molar-refractivity contribution is 0.610. The highest BCUT2D eigenvalue weighted by Gasteiger charge is 2.13. The summed E-state index contributed by atoms with van der Waals surface area (Å²) in [7, 11) is 1.75. The average Bonchev–Trinajstić information content (AvgIpc) is 3.06. The number of thiophene rings is 1. The Morgan fingerprint density at radius 2 is 2.20 bits per heavy atom. The third-order valence-corrected chi connectivity index (χ3v) is 4.15. The zero-order chi connectivity index (χ0) is 14.1. The SMILES string of the molecule is CCCCc1nc(-c2cccs2)nc2cc(=O)n(C)n12. The molecule has 0 N–H and O–H groups in total. The fourth-order valence-electron chi connectivity index (χ4n) is 2.22. The molecule has 6 heteroatoms. The van der Waals surface area contributed by atoms with E-state index in [2.05, 4.69) is 16.9 Å². The lowest BCUT2D eigenvalue weighted by Crippen LogP contribution is -2.18. The van der Waals surface area contributed by atoms with E-state index in [9.17, 15) is 4.79 Å². The molecule has 20 heavy (non-hydrogen) atoms. The van der Waals surface area contributed by atoms with Crippen LogP contribution in [-0.2, 0) is 13.5 Å². The Balaban J connectivity index is 2.23. The Kier molecular flexibility index (Phi) is 3.40. The highest BCUT2D eigenvalue weighted by Crippen LogP contribution is 2.22. The van der Waals surface area contributed by atoms with Crippen molar-refractivity contribution < 1.29 is 0 Å². The van der Waals surface area contributed by atoms with Gasteiger partial charge in [0.15, 0.2) is 11.5 Å². The van der Waals surface area contributed by atoms with Gasteiger partial charge in [0.1, 0.15) is 5.82 Å². The van der Waals surface area contributed by atoms with Gasteiger partial charge in [0.2, 0.25) is 0 Å². The van der Waals surface area contributed by atoms with Gasteiger partial charge >= 0.3 is 0 Å². The van der Waals surface area contributed by atoms with Crippen molar-refractivity contribution in [3.8, 4) is 10.7 Å². The molecule has 5 nitrogen and oxygen atoms in total. The second-order valence-corrected chi connectivity index (χ2v) is 5.67. The quantitative estimate of drug-likeness (QED) is 0.741. The van der Waals surface area contributed by atoms with E-state index in [1.165, 1.54) is 0 Å². The fourth-order valence-corrected chi connectivity index (χ4v) is 2.88. The monoisotopic (exact) mass is 288 g/mol. The molecule has 0 atom stereocenters. The van der Waals surface area contributed by atoms with Gasteiger partial charge in [-0.25, -0.2) is 19.2 Å². The molecule has 0 bridgehead atoms. The number of hydrogen-bond donors (Lipinski definition) is 0. The minimum absolute atomic E-state index is 0.0552. The number of aryl methyl sites for hydroxylation is 2. The van der Waals surface area contributed by atoms with Crippen LogP contribution in [0, 0.1) is 0 Å². The summed E-state index contributed by atoms with van der Waals surface area (Å²) in [6, 6.07) is 5.55. The Bertz CT molecular complexity index is 785. The largest absolute Gasteiger partial charge is 0.269 e. The van der Waals surface area contributed by atoms with E-state index in [0.29, 0.717) is 11.5 Å². The van der Waals surface area contributed by atoms with E-state index in [1.807, 2.05) is 22.0 Å². The van der Waals surface area contributed by atoms with Crippen LogP contribution in [0.25, 0.3) is 16.3 Å². The molecule has 0 spiro atoms. The summed E-state index contributed by atoms with van der Waals surface area (Å²) in [5, 5.41) is 2.01. The van der Waals surface area contributed by atoms with E-state index in [0.717, 1.165) is 30.0 Å². The first kappa shape index (κ1) is 13.1. The van der Waals surface area contributed by atoms with Crippen molar-refractivity contribution in [2.75, 3.05) is 0 Å². The molecule has 3 heterocycles. The van der Waals surface area contributed by atoms with Crippen molar-refractivity contribution in [2.24, 2.45) is 7.05 Å². The fraction of sp³-hybridized carbons (Fsp3) is 0.357. The third-order valence-electron chi connectivity index (χ3n) is 3.28. The van der Waals surface area contributed by atoms with Crippen LogP contribution in [-0.4, -0.2) is 19.2 Å². The summed E-state index contributed by atoms with van der Waals surface area (Å²) in [6.07, 6.45) is 2.98. The number of hydrogen-bond acceptors (Lipinski definition) is 4. The van der Waals surface area contributed by atoms with Crippen LogP contribution in [0.1, 0.15) is 25.6 Å². The molecule has 104 valence electrons. The maximum Gasteiger partial charge on any atom is 0.269 e. The van der Waals surface area contributed by atoms with Crippen LogP contribution in [0.4, 0.5) is 0 Å². The first-order valence-corrected chi connectivity index (χ1v) is 7.58. The molecule has 0 saturated heterocycles. The molecule has 0 aliphatic rings. The van der Waals surface area contributed by atoms with Gasteiger partial charge in [0.05, 0.1) is 4.88 Å². The lowest BCUT2D eigenvalue weighted by Gasteiger charge is -2.08. The number of unbranched alkanes of at least 4 members (excludes halogenated alkanes) is 1. The summed E-state index contributed by atoms with van der Waals surface area (Å²) < 4.78 is 3.38. The predicted molar refractivity (Wildman–Crippen MR) is 80.2 cm³/mol. The molecule has 3 aromatic rings. The Labute approximate surface area is 120 Å². The van der Waals surface area contributed by atoms with Crippen molar-refractivity contribution in [3.63, 3.8) is 0 Å². The molecule has 0 aliphatic heterocycles. The van der Waals surface area contributed by atoms with Gasteiger partial charge in [-0.05, 0) is 17.9 Å². The minimum Gasteiger partial charge on any atom is -0.268 e. The number of rotatable bonds is 4. The van der Waals surface area contributed by atoms with Crippen LogP contribution >= 0.6 is 11.3 Å². The molecule has 0 aliphatic carbocycles. The molecule has 3 rings (SSSR count). The summed E-state index contributed by atoms with van der Waals surface area (Å²) in [6.45, 7) is 2.15. The van der Waals surface area contributed by atoms with Gasteiger partial charge in [-0.1, -0.05) is 19.4 Å². The summed E-state index contributed by atoms with van der Waals surface area (Å²) >= 11 is 1.61. The number of aromatic nitrogens is 4. The van der Waals surface area contributed by atoms with Crippen molar-refractivity contribution in [1.29, 1.82) is 0 Å². The van der Waals surface area contributed by atoms with E-state index < -0.39 is 0 Å². The third kappa shape index (κ3) is 2.16. The maximum absolute atomic E-state index is 11.8. The molecule has 0 aromatic carbocycles. The number of fused-ring (bicyclic) bond motifs is 1. The maximum atomic E-state index is 11.8. The first-order valence-electron chi connectivity index (χ1n) is 6.70. The summed E-state index contributed by atoms with van der Waals surface area (Å²) in [5.41, 5.74) is 0.613. The van der Waals surface area contributed by atoms with Crippen LogP contribution in [0.5, 0.6) is 0 Å². The van der Waals surface area contributed by atoms with Crippen LogP contribution in [0.3, 0.4) is 0 Å². The Hall–Kier alpha value is -1.95. The van der Waals surface area contributed by atoms with Crippen molar-refractivity contribution in [1.82, 2.24) is 19.2 Å². The van der Waals surface area contributed by atoms with E-state index in [1.54, 1.807) is 29.1 Å². The Morgan fingerprint density at radius 3 is 2.90 bits per heavy atom. The molecular formula is C14H16N4OS. The zero-order valence-corrected chi connectivity index (χ0v) is 12.4. The topological polar surface area (TPSA) is 52.2 Å². The van der Waals surface area contributed by atoms with E-state index >= 15 is 0 Å². The first-order chi connectivity index (χ1) is 9.70. The van der Waals surface area contributed by atoms with Crippen molar-refractivity contribution in [3.05, 3.63) is 39.8 Å². The van der Waals surface area contributed by atoms with Gasteiger partial charge in [0, 0.05) is 19.5 Å². The molecule has 0 unspecified atom stereocenters. The summed E-state index contributed by atoms with van der Waals surface area (Å²) in [5.74, 6) is 1.60. The molecule has 0 saturated carbocycles. The summed E-state index contributed by atoms with van der Waals surface area (Å²) in [4.78, 5) is 22.0. The average molecular weight is 288 g/mol. The molecule has 3 aromatic heterocycles.